The van der Waals surface area contributed by atoms with E-state index in [0.717, 1.165) is 0 Å². The Labute approximate surface area is 120 Å². The van der Waals surface area contributed by atoms with Crippen LogP contribution in [-0.2, 0) is 0 Å². The fourth-order valence-corrected chi connectivity index (χ4v) is 2.13. The van der Waals surface area contributed by atoms with E-state index in [2.05, 4.69) is 5.29 Å². The highest BCUT2D eigenvalue weighted by Gasteiger charge is 2.19. The fourth-order valence-electron chi connectivity index (χ4n) is 1.97. The van der Waals surface area contributed by atoms with Crippen molar-refractivity contribution in [2.75, 3.05) is 17.3 Å². The van der Waals surface area contributed by atoms with Gasteiger partial charge in [-0.25, -0.2) is 9.59 Å². The van der Waals surface area contributed by atoms with E-state index in [1.807, 2.05) is 0 Å². The van der Waals surface area contributed by atoms with E-state index in [9.17, 15) is 14.5 Å². The Hall–Kier alpha value is -2.15. The first kappa shape index (κ1) is 15.9. The van der Waals surface area contributed by atoms with E-state index in [0.29, 0.717) is 16.8 Å². The van der Waals surface area contributed by atoms with Crippen LogP contribution in [0, 0.1) is 18.8 Å². The van der Waals surface area contributed by atoms with E-state index in [4.69, 9.17) is 16.7 Å². The molecule has 2 N–H and O–H groups in total. The summed E-state index contributed by atoms with van der Waals surface area (Å²) in [4.78, 5) is 34.2. The number of aromatic carboxylic acids is 1. The van der Waals surface area contributed by atoms with Crippen LogP contribution >= 0.6 is 11.6 Å². The number of rotatable bonds is 5. The van der Waals surface area contributed by atoms with E-state index in [-0.39, 0.29) is 18.0 Å². The van der Waals surface area contributed by atoms with Gasteiger partial charge in [-0.2, -0.15) is 5.43 Å². The Morgan fingerprint density at radius 1 is 1.35 bits per heavy atom. The lowest BCUT2D eigenvalue weighted by Gasteiger charge is -2.22. The molecule has 2 amide bonds. The second-order valence-electron chi connectivity index (χ2n) is 4.11. The maximum absolute atomic E-state index is 11.7. The van der Waals surface area contributed by atoms with Gasteiger partial charge in [-0.3, -0.25) is 4.90 Å². The average Bonchev–Trinajstić information content (AvgIpc) is 2.34. The van der Waals surface area contributed by atoms with Crippen molar-refractivity contribution in [2.45, 2.75) is 13.8 Å². The van der Waals surface area contributed by atoms with Gasteiger partial charge in [-0.05, 0) is 37.1 Å². The molecule has 0 aliphatic rings. The van der Waals surface area contributed by atoms with Crippen molar-refractivity contribution in [3.8, 4) is 0 Å². The first-order valence-electron chi connectivity index (χ1n) is 5.72. The number of carbonyl (C=O) groups is 2. The van der Waals surface area contributed by atoms with Gasteiger partial charge in [0, 0.05) is 18.1 Å². The summed E-state index contributed by atoms with van der Waals surface area (Å²) in [5, 5.41) is 11.4. The highest BCUT2D eigenvalue weighted by Crippen LogP contribution is 2.23. The molecule has 108 valence electrons. The molecule has 7 nitrogen and oxygen atoms in total. The summed E-state index contributed by atoms with van der Waals surface area (Å²) < 4.78 is 0. The van der Waals surface area contributed by atoms with Crippen LogP contribution < -0.4 is 10.3 Å². The molecule has 0 radical (unpaired) electrons. The number of carboxylic acids is 1. The average molecular weight is 300 g/mol. The number of urea groups is 1. The predicted octanol–water partition coefficient (Wildman–Crippen LogP) is 2.44. The third kappa shape index (κ3) is 3.45. The Balaban J connectivity index is 3.25. The Morgan fingerprint density at radius 2 is 1.90 bits per heavy atom. The minimum atomic E-state index is -1.03. The number of anilines is 1. The normalized spacial score (nSPS) is 9.95. The van der Waals surface area contributed by atoms with Gasteiger partial charge in [0.25, 0.3) is 0 Å². The number of benzene rings is 1. The van der Waals surface area contributed by atoms with Gasteiger partial charge in [0.15, 0.2) is 0 Å². The Morgan fingerprint density at radius 3 is 2.30 bits per heavy atom. The van der Waals surface area contributed by atoms with Gasteiger partial charge in [-0.1, -0.05) is 0 Å². The van der Waals surface area contributed by atoms with E-state index < -0.39 is 12.0 Å². The van der Waals surface area contributed by atoms with Crippen molar-refractivity contribution in [3.05, 3.63) is 33.7 Å². The number of alkyl halides is 1. The topological polar surface area (TPSA) is 99.1 Å². The molecule has 0 saturated heterocycles. The van der Waals surface area contributed by atoms with Crippen LogP contribution in [0.25, 0.3) is 0 Å². The minimum absolute atomic E-state index is 0.158. The molecule has 0 fully saturated rings. The zero-order valence-electron chi connectivity index (χ0n) is 11.0. The number of nitrogens with zero attached hydrogens (tertiary/aromatic N) is 2. The lowest BCUT2D eigenvalue weighted by molar-refractivity contribution is 0.0695. The summed E-state index contributed by atoms with van der Waals surface area (Å²) in [5.41, 5.74) is 3.45. The molecule has 20 heavy (non-hydrogen) atoms. The van der Waals surface area contributed by atoms with Crippen LogP contribution in [0.2, 0.25) is 0 Å². The maximum Gasteiger partial charge on any atom is 0.344 e. The number of aryl methyl sites for hydroxylation is 2. The number of amides is 2. The third-order valence-electron chi connectivity index (χ3n) is 2.74. The van der Waals surface area contributed by atoms with Crippen molar-refractivity contribution < 1.29 is 14.7 Å². The van der Waals surface area contributed by atoms with Crippen molar-refractivity contribution >= 4 is 29.3 Å². The summed E-state index contributed by atoms with van der Waals surface area (Å²) >= 11 is 5.63. The van der Waals surface area contributed by atoms with Crippen LogP contribution in [0.5, 0.6) is 0 Å². The number of nitroso groups, excluding NO2 is 1. The van der Waals surface area contributed by atoms with Crippen LogP contribution in [0.3, 0.4) is 0 Å². The number of carbonyl (C=O) groups excluding carboxylic acids is 1. The van der Waals surface area contributed by atoms with E-state index in [1.165, 1.54) is 4.90 Å². The molecule has 0 aliphatic heterocycles. The van der Waals surface area contributed by atoms with Crippen molar-refractivity contribution in [1.82, 2.24) is 5.43 Å². The Kier molecular flexibility index (Phi) is 5.45. The number of nitrogens with one attached hydrogen (secondary N) is 1. The summed E-state index contributed by atoms with van der Waals surface area (Å²) in [6.07, 6.45) is 0. The molecule has 0 saturated carbocycles. The molecule has 0 bridgehead atoms. The molecule has 0 aromatic heterocycles. The van der Waals surface area contributed by atoms with E-state index >= 15 is 0 Å². The van der Waals surface area contributed by atoms with Crippen LogP contribution in [0.15, 0.2) is 17.4 Å². The van der Waals surface area contributed by atoms with Crippen molar-refractivity contribution in [1.29, 1.82) is 0 Å². The number of hydrogen-bond donors (Lipinski definition) is 2. The van der Waals surface area contributed by atoms with Gasteiger partial charge in [0.1, 0.15) is 0 Å². The first-order valence-corrected chi connectivity index (χ1v) is 6.26. The SMILES string of the molecule is Cc1cc(N(CCCl)C(=O)NN=O)cc(C)c1C(=O)O. The zero-order chi connectivity index (χ0) is 15.3. The third-order valence-corrected chi connectivity index (χ3v) is 2.91. The van der Waals surface area contributed by atoms with Crippen LogP contribution in [0.1, 0.15) is 21.5 Å². The molecule has 8 heteroatoms. The van der Waals surface area contributed by atoms with Crippen molar-refractivity contribution in [2.24, 2.45) is 5.29 Å². The monoisotopic (exact) mass is 299 g/mol. The number of halogens is 1. The molecule has 1 rings (SSSR count). The van der Waals surface area contributed by atoms with Crippen LogP contribution in [0.4, 0.5) is 10.5 Å². The minimum Gasteiger partial charge on any atom is -0.478 e. The molecule has 0 unspecified atom stereocenters. The molecular formula is C12H14ClN3O4. The largest absolute Gasteiger partial charge is 0.478 e. The number of carboxylic acid groups (broad SMARTS) is 1. The summed E-state index contributed by atoms with van der Waals surface area (Å²) in [6, 6.07) is 2.38. The first-order chi connectivity index (χ1) is 9.42. The van der Waals surface area contributed by atoms with Gasteiger partial charge in [0.2, 0.25) is 0 Å². The van der Waals surface area contributed by atoms with E-state index in [1.54, 1.807) is 31.4 Å². The quantitative estimate of drug-likeness (QED) is 0.495. The van der Waals surface area contributed by atoms with Crippen LogP contribution in [-0.4, -0.2) is 29.5 Å². The molecule has 0 spiro atoms. The van der Waals surface area contributed by atoms with Gasteiger partial charge < -0.3 is 5.11 Å². The second-order valence-corrected chi connectivity index (χ2v) is 4.49. The Bertz CT molecular complexity index is 524. The summed E-state index contributed by atoms with van der Waals surface area (Å²) in [7, 11) is 0. The lowest BCUT2D eigenvalue weighted by Crippen LogP contribution is -2.39. The highest BCUT2D eigenvalue weighted by atomic mass is 35.5. The molecule has 0 heterocycles. The molecule has 1 aromatic carbocycles. The zero-order valence-corrected chi connectivity index (χ0v) is 11.8. The molecule has 0 atom stereocenters. The smallest absolute Gasteiger partial charge is 0.344 e. The van der Waals surface area contributed by atoms with Gasteiger partial charge >= 0.3 is 12.0 Å². The second kappa shape index (κ2) is 6.85. The highest BCUT2D eigenvalue weighted by molar-refractivity contribution is 6.18. The molecule has 0 aliphatic carbocycles. The van der Waals surface area contributed by atoms with Crippen molar-refractivity contribution in [3.63, 3.8) is 0 Å². The maximum atomic E-state index is 11.7. The molecular weight excluding hydrogens is 286 g/mol. The lowest BCUT2D eigenvalue weighted by atomic mass is 10.0. The van der Waals surface area contributed by atoms with Gasteiger partial charge in [0.05, 0.1) is 10.8 Å². The number of hydrogen-bond acceptors (Lipinski definition) is 4. The fraction of sp³-hybridized carbons (Fsp3) is 0.333. The summed E-state index contributed by atoms with van der Waals surface area (Å²) in [6.45, 7) is 3.43. The van der Waals surface area contributed by atoms with Gasteiger partial charge in [-0.15, -0.1) is 16.5 Å². The molecule has 1 aromatic rings. The predicted molar refractivity (Wildman–Crippen MR) is 75.3 cm³/mol. The summed E-state index contributed by atoms with van der Waals surface area (Å²) in [5.74, 6) is -0.875. The standard InChI is InChI=1S/C12H14ClN3O4/c1-7-5-9(6-8(2)10(7)11(17)18)16(4-3-13)12(19)14-15-20/h5-6H,3-4H2,1-2H3,(H,17,18)(H,14,19,20).